The maximum Gasteiger partial charge on any atom is 0.127 e. The van der Waals surface area contributed by atoms with Crippen molar-refractivity contribution in [2.45, 2.75) is 13.8 Å². The van der Waals surface area contributed by atoms with Crippen LogP contribution in [-0.4, -0.2) is 93.5 Å². The van der Waals surface area contributed by atoms with Gasteiger partial charge < -0.3 is 42.6 Å². The highest BCUT2D eigenvalue weighted by Gasteiger charge is 2.13. The first-order chi connectivity index (χ1) is 21.1. The van der Waals surface area contributed by atoms with Gasteiger partial charge >= 0.3 is 0 Å². The average molecular weight is 599 g/mol. The van der Waals surface area contributed by atoms with Crippen LogP contribution in [0.25, 0.3) is 11.1 Å². The van der Waals surface area contributed by atoms with Gasteiger partial charge in [-0.3, -0.25) is 0 Å². The largest absolute Gasteiger partial charge is 0.491 e. The molecule has 9 heteroatoms. The van der Waals surface area contributed by atoms with Gasteiger partial charge in [0.15, 0.2) is 0 Å². The van der Waals surface area contributed by atoms with Gasteiger partial charge in [0.25, 0.3) is 0 Å². The fraction of sp³-hybridized carbons (Fsp3) is 0.471. The molecule has 3 aromatic rings. The third-order valence-corrected chi connectivity index (χ3v) is 6.21. The van der Waals surface area contributed by atoms with Crippen LogP contribution in [0.5, 0.6) is 23.0 Å². The Morgan fingerprint density at radius 2 is 0.744 bits per heavy atom. The Labute approximate surface area is 255 Å². The molecule has 43 heavy (non-hydrogen) atoms. The van der Waals surface area contributed by atoms with Crippen LogP contribution in [0.15, 0.2) is 60.7 Å². The van der Waals surface area contributed by atoms with E-state index in [2.05, 4.69) is 26.0 Å². The molecule has 0 heterocycles. The van der Waals surface area contributed by atoms with Gasteiger partial charge in [0.1, 0.15) is 49.4 Å². The number of hydrogen-bond acceptors (Lipinski definition) is 9. The SMILES string of the molecule is COCCOCCOCCOc1ccc(C)cc1-c1cc(C)ccc1OCCOc1ccc(OCCOCCOC)cc1. The molecule has 0 aromatic heterocycles. The van der Waals surface area contributed by atoms with E-state index in [0.29, 0.717) is 79.3 Å². The van der Waals surface area contributed by atoms with Gasteiger partial charge in [0.05, 0.1) is 52.9 Å². The van der Waals surface area contributed by atoms with Crippen molar-refractivity contribution in [2.75, 3.05) is 93.5 Å². The van der Waals surface area contributed by atoms with Crippen molar-refractivity contribution in [3.05, 3.63) is 71.8 Å². The smallest absolute Gasteiger partial charge is 0.127 e. The molecule has 0 aliphatic carbocycles. The normalized spacial score (nSPS) is 11.0. The van der Waals surface area contributed by atoms with Crippen LogP contribution in [0.2, 0.25) is 0 Å². The minimum atomic E-state index is 0.384. The van der Waals surface area contributed by atoms with Crippen molar-refractivity contribution < 1.29 is 42.6 Å². The zero-order valence-electron chi connectivity index (χ0n) is 25.9. The molecule has 0 radical (unpaired) electrons. The second-order valence-corrected chi connectivity index (χ2v) is 9.69. The van der Waals surface area contributed by atoms with Crippen LogP contribution in [0.3, 0.4) is 0 Å². The quantitative estimate of drug-likeness (QED) is 0.131. The molecule has 0 amide bonds. The van der Waals surface area contributed by atoms with Crippen LogP contribution in [0.1, 0.15) is 11.1 Å². The lowest BCUT2D eigenvalue weighted by molar-refractivity contribution is 0.0180. The van der Waals surface area contributed by atoms with Gasteiger partial charge in [0.2, 0.25) is 0 Å². The predicted molar refractivity (Wildman–Crippen MR) is 166 cm³/mol. The molecule has 0 saturated heterocycles. The van der Waals surface area contributed by atoms with Crippen molar-refractivity contribution in [3.63, 3.8) is 0 Å². The topological polar surface area (TPSA) is 83.1 Å². The van der Waals surface area contributed by atoms with Gasteiger partial charge in [0, 0.05) is 25.3 Å². The molecular formula is C34H46O9. The van der Waals surface area contributed by atoms with Crippen molar-refractivity contribution >= 4 is 0 Å². The summed E-state index contributed by atoms with van der Waals surface area (Å²) in [5, 5.41) is 0. The Kier molecular flexibility index (Phi) is 16.3. The highest BCUT2D eigenvalue weighted by Crippen LogP contribution is 2.38. The molecule has 0 saturated carbocycles. The predicted octanol–water partition coefficient (Wildman–Crippen LogP) is 5.53. The summed E-state index contributed by atoms with van der Waals surface area (Å²) >= 11 is 0. The van der Waals surface area contributed by atoms with E-state index < -0.39 is 0 Å². The molecule has 0 spiro atoms. The Hall–Kier alpha value is -3.34. The molecule has 0 fully saturated rings. The molecule has 0 unspecified atom stereocenters. The molecule has 3 rings (SSSR count). The van der Waals surface area contributed by atoms with Gasteiger partial charge in [-0.2, -0.15) is 0 Å². The van der Waals surface area contributed by atoms with E-state index in [9.17, 15) is 0 Å². The van der Waals surface area contributed by atoms with Crippen molar-refractivity contribution in [1.29, 1.82) is 0 Å². The third-order valence-electron chi connectivity index (χ3n) is 6.21. The number of hydrogen-bond donors (Lipinski definition) is 0. The number of benzene rings is 3. The summed E-state index contributed by atoms with van der Waals surface area (Å²) in [4.78, 5) is 0. The van der Waals surface area contributed by atoms with Gasteiger partial charge in [-0.05, 0) is 62.4 Å². The van der Waals surface area contributed by atoms with Crippen LogP contribution < -0.4 is 18.9 Å². The molecule has 0 N–H and O–H groups in total. The van der Waals surface area contributed by atoms with Crippen LogP contribution in [-0.2, 0) is 23.7 Å². The molecular weight excluding hydrogens is 552 g/mol. The van der Waals surface area contributed by atoms with Gasteiger partial charge in [-0.1, -0.05) is 23.3 Å². The molecule has 0 aliphatic rings. The Morgan fingerprint density at radius 1 is 0.395 bits per heavy atom. The number of methoxy groups -OCH3 is 2. The number of ether oxygens (including phenoxy) is 9. The van der Waals surface area contributed by atoms with Gasteiger partial charge in [-0.15, -0.1) is 0 Å². The summed E-state index contributed by atoms with van der Waals surface area (Å²) in [5.41, 5.74) is 4.21. The maximum atomic E-state index is 6.20. The van der Waals surface area contributed by atoms with Crippen molar-refractivity contribution in [2.24, 2.45) is 0 Å². The summed E-state index contributed by atoms with van der Waals surface area (Å²) in [7, 11) is 3.30. The molecule has 0 atom stereocenters. The van der Waals surface area contributed by atoms with E-state index in [0.717, 1.165) is 45.3 Å². The number of rotatable bonds is 23. The van der Waals surface area contributed by atoms with Gasteiger partial charge in [-0.25, -0.2) is 0 Å². The Morgan fingerprint density at radius 3 is 1.19 bits per heavy atom. The first-order valence-electron chi connectivity index (χ1n) is 14.6. The summed E-state index contributed by atoms with van der Waals surface area (Å²) in [6.07, 6.45) is 0. The van der Waals surface area contributed by atoms with Crippen LogP contribution >= 0.6 is 0 Å². The first kappa shape index (κ1) is 34.2. The molecule has 236 valence electrons. The van der Waals surface area contributed by atoms with E-state index in [4.69, 9.17) is 42.6 Å². The first-order valence-corrected chi connectivity index (χ1v) is 14.6. The lowest BCUT2D eigenvalue weighted by atomic mass is 9.99. The Bertz CT molecular complexity index is 1170. The van der Waals surface area contributed by atoms with E-state index >= 15 is 0 Å². The second kappa shape index (κ2) is 20.5. The summed E-state index contributed by atoms with van der Waals surface area (Å²) < 4.78 is 50.3. The van der Waals surface area contributed by atoms with Crippen molar-refractivity contribution in [1.82, 2.24) is 0 Å². The second-order valence-electron chi connectivity index (χ2n) is 9.69. The maximum absolute atomic E-state index is 6.20. The molecule has 3 aromatic carbocycles. The summed E-state index contributed by atoms with van der Waals surface area (Å²) in [6.45, 7) is 10.1. The van der Waals surface area contributed by atoms with E-state index in [-0.39, 0.29) is 0 Å². The zero-order chi connectivity index (χ0) is 30.5. The highest BCUT2D eigenvalue weighted by atomic mass is 16.6. The Balaban J connectivity index is 1.48. The van der Waals surface area contributed by atoms with Crippen LogP contribution in [0, 0.1) is 13.8 Å². The monoisotopic (exact) mass is 598 g/mol. The lowest BCUT2D eigenvalue weighted by Crippen LogP contribution is -2.12. The van der Waals surface area contributed by atoms with E-state index in [1.165, 1.54) is 0 Å². The van der Waals surface area contributed by atoms with E-state index in [1.807, 2.05) is 48.5 Å². The molecule has 0 bridgehead atoms. The molecule has 0 aliphatic heterocycles. The fourth-order valence-corrected chi connectivity index (χ4v) is 4.04. The van der Waals surface area contributed by atoms with E-state index in [1.54, 1.807) is 14.2 Å². The minimum Gasteiger partial charge on any atom is -0.491 e. The summed E-state index contributed by atoms with van der Waals surface area (Å²) in [5.74, 6) is 3.05. The van der Waals surface area contributed by atoms with Crippen LogP contribution in [0.4, 0.5) is 0 Å². The average Bonchev–Trinajstić information content (AvgIpc) is 3.02. The number of aryl methyl sites for hydroxylation is 2. The third kappa shape index (κ3) is 13.2. The minimum absolute atomic E-state index is 0.384. The molecule has 9 nitrogen and oxygen atoms in total. The standard InChI is InChI=1S/C34H46O9/c1-27-5-11-33(42-22-20-39-18-17-37-15-13-35-3)31(25-27)32-26-28(2)6-12-34(32)43-24-23-41-30-9-7-29(8-10-30)40-21-19-38-16-14-36-4/h5-12,25-26H,13-24H2,1-4H3. The fourth-order valence-electron chi connectivity index (χ4n) is 4.04. The summed E-state index contributed by atoms with van der Waals surface area (Å²) in [6, 6.07) is 19.8. The van der Waals surface area contributed by atoms with Crippen molar-refractivity contribution in [3.8, 4) is 34.1 Å². The zero-order valence-corrected chi connectivity index (χ0v) is 25.9. The highest BCUT2D eigenvalue weighted by molar-refractivity contribution is 5.77. The lowest BCUT2D eigenvalue weighted by Gasteiger charge is -2.17.